The van der Waals surface area contributed by atoms with E-state index in [-0.39, 0.29) is 23.4 Å². The van der Waals surface area contributed by atoms with E-state index in [0.29, 0.717) is 44.4 Å². The minimum atomic E-state index is -0.376. The highest BCUT2D eigenvalue weighted by atomic mass is 35.5. The van der Waals surface area contributed by atoms with E-state index in [2.05, 4.69) is 10.5 Å². The van der Waals surface area contributed by atoms with E-state index >= 15 is 0 Å². The summed E-state index contributed by atoms with van der Waals surface area (Å²) in [6.07, 6.45) is 1.93. The number of fused-ring (bicyclic) bond motifs is 1. The summed E-state index contributed by atoms with van der Waals surface area (Å²) in [4.78, 5) is 25.3. The molecule has 1 saturated carbocycles. The normalized spacial score (nSPS) is 14.2. The molecule has 0 spiro atoms. The van der Waals surface area contributed by atoms with Gasteiger partial charge >= 0.3 is 0 Å². The highest BCUT2D eigenvalue weighted by Gasteiger charge is 2.33. The van der Waals surface area contributed by atoms with Crippen molar-refractivity contribution >= 4 is 34.2 Å². The van der Waals surface area contributed by atoms with Crippen LogP contribution in [0.25, 0.3) is 22.2 Å². The summed E-state index contributed by atoms with van der Waals surface area (Å²) in [6.45, 7) is 3.34. The topological polar surface area (TPSA) is 99.2 Å². The number of nitrogens with one attached hydrogen (secondary N) is 1. The summed E-state index contributed by atoms with van der Waals surface area (Å²) in [5.74, 6) is 0.527. The first-order valence-corrected chi connectivity index (χ1v) is 11.4. The van der Waals surface area contributed by atoms with Crippen molar-refractivity contribution in [2.75, 3.05) is 12.4 Å². The van der Waals surface area contributed by atoms with Gasteiger partial charge in [-0.05, 0) is 55.7 Å². The smallest absolute Gasteiger partial charge is 0.280 e. The minimum Gasteiger partial charge on any atom is -0.496 e. The van der Waals surface area contributed by atoms with E-state index in [9.17, 15) is 9.59 Å². The fourth-order valence-corrected chi connectivity index (χ4v) is 4.24. The molecule has 0 radical (unpaired) electrons. The van der Waals surface area contributed by atoms with Gasteiger partial charge < -0.3 is 14.6 Å². The van der Waals surface area contributed by atoms with Crippen LogP contribution >= 0.6 is 11.6 Å². The van der Waals surface area contributed by atoms with Crippen molar-refractivity contribution in [2.45, 2.75) is 38.6 Å². The van der Waals surface area contributed by atoms with Gasteiger partial charge in [0.25, 0.3) is 5.56 Å². The fourth-order valence-electron chi connectivity index (χ4n) is 4.11. The third kappa shape index (κ3) is 3.94. The van der Waals surface area contributed by atoms with Crippen LogP contribution in [0, 0.1) is 0 Å². The highest BCUT2D eigenvalue weighted by molar-refractivity contribution is 6.30. The number of carbonyl (C=O) groups is 1. The average molecular weight is 479 g/mol. The van der Waals surface area contributed by atoms with Crippen LogP contribution in [0.15, 0.2) is 51.8 Å². The molecule has 174 valence electrons. The Morgan fingerprint density at radius 2 is 1.97 bits per heavy atom. The fraction of sp³-hybridized carbons (Fsp3) is 0.280. The van der Waals surface area contributed by atoms with Gasteiger partial charge in [-0.15, -0.1) is 0 Å². The van der Waals surface area contributed by atoms with Crippen LogP contribution in [0.2, 0.25) is 5.02 Å². The maximum absolute atomic E-state index is 13.7. The van der Waals surface area contributed by atoms with Crippen molar-refractivity contribution < 1.29 is 14.1 Å². The second kappa shape index (κ2) is 8.61. The van der Waals surface area contributed by atoms with Crippen LogP contribution in [0.5, 0.6) is 5.75 Å². The van der Waals surface area contributed by atoms with Crippen molar-refractivity contribution in [3.8, 4) is 17.0 Å². The number of nitrogens with zero attached hydrogens (tertiary/aromatic N) is 3. The molecule has 0 saturated heterocycles. The van der Waals surface area contributed by atoms with Crippen LogP contribution in [0.4, 0.5) is 5.69 Å². The van der Waals surface area contributed by atoms with Gasteiger partial charge in [-0.1, -0.05) is 28.9 Å². The number of carbonyl (C=O) groups excluding carboxylic acids is 1. The predicted octanol–water partition coefficient (Wildman–Crippen LogP) is 5.16. The van der Waals surface area contributed by atoms with Gasteiger partial charge in [-0.2, -0.15) is 5.10 Å². The lowest BCUT2D eigenvalue weighted by Gasteiger charge is -2.17. The van der Waals surface area contributed by atoms with E-state index in [1.165, 1.54) is 11.6 Å². The molecule has 0 unspecified atom stereocenters. The van der Waals surface area contributed by atoms with E-state index in [0.717, 1.165) is 18.4 Å². The number of ether oxygens (including phenoxy) is 1. The summed E-state index contributed by atoms with van der Waals surface area (Å²) in [5.41, 5.74) is 3.16. The van der Waals surface area contributed by atoms with Gasteiger partial charge in [0.15, 0.2) is 0 Å². The predicted molar refractivity (Wildman–Crippen MR) is 130 cm³/mol. The third-order valence-corrected chi connectivity index (χ3v) is 6.27. The summed E-state index contributed by atoms with van der Waals surface area (Å²) in [6, 6.07) is 12.2. The van der Waals surface area contributed by atoms with Crippen molar-refractivity contribution in [2.24, 2.45) is 0 Å². The lowest BCUT2D eigenvalue weighted by Crippen LogP contribution is -2.27. The number of halogens is 1. The first-order valence-electron chi connectivity index (χ1n) is 11.0. The summed E-state index contributed by atoms with van der Waals surface area (Å²) >= 11 is 6.06. The Hall–Kier alpha value is -3.65. The Labute approximate surface area is 200 Å². The Morgan fingerprint density at radius 3 is 2.62 bits per heavy atom. The van der Waals surface area contributed by atoms with Gasteiger partial charge in [0.2, 0.25) is 11.5 Å². The van der Waals surface area contributed by atoms with Gasteiger partial charge in [0.05, 0.1) is 18.7 Å². The zero-order valence-electron chi connectivity index (χ0n) is 19.0. The molecular formula is C25H23ClN4O4. The molecular weight excluding hydrogens is 456 g/mol. The molecule has 9 heteroatoms. The van der Waals surface area contributed by atoms with E-state index in [4.69, 9.17) is 26.0 Å². The number of benzene rings is 2. The summed E-state index contributed by atoms with van der Waals surface area (Å²) in [7, 11) is 1.55. The van der Waals surface area contributed by atoms with Crippen LogP contribution in [0.1, 0.15) is 49.9 Å². The zero-order chi connectivity index (χ0) is 24.0. The second-order valence-corrected chi connectivity index (χ2v) is 8.90. The molecule has 0 bridgehead atoms. The minimum absolute atomic E-state index is 0.203. The molecule has 34 heavy (non-hydrogen) atoms. The van der Waals surface area contributed by atoms with Gasteiger partial charge in [0.1, 0.15) is 22.5 Å². The Kier molecular flexibility index (Phi) is 5.61. The largest absolute Gasteiger partial charge is 0.496 e. The SMILES string of the molecule is COc1ccc(NC(C)=O)cc1-c1nn([C@@H](C)c2ccc(Cl)cc2)c(=O)c2c(C3CC3)noc12. The maximum Gasteiger partial charge on any atom is 0.280 e. The van der Waals surface area contributed by atoms with E-state index in [1.807, 2.05) is 19.1 Å². The van der Waals surface area contributed by atoms with Crippen molar-refractivity contribution in [3.05, 3.63) is 69.1 Å². The Balaban J connectivity index is 1.77. The number of anilines is 1. The summed E-state index contributed by atoms with van der Waals surface area (Å²) in [5, 5.41) is 12.8. The Morgan fingerprint density at radius 1 is 1.24 bits per heavy atom. The molecule has 1 N–H and O–H groups in total. The van der Waals surface area contributed by atoms with E-state index in [1.54, 1.807) is 37.4 Å². The lowest BCUT2D eigenvalue weighted by molar-refractivity contribution is -0.114. The standard InChI is InChI=1S/C25H23ClN4O4/c1-13(15-6-8-17(26)9-7-15)30-25(32)21-22(16-4-5-16)29-34-24(21)23(28-30)19-12-18(27-14(2)31)10-11-20(19)33-3/h6-13,16H,4-5H2,1-3H3,(H,27,31)/t13-/m0/s1. The van der Waals surface area contributed by atoms with Gasteiger partial charge in [0, 0.05) is 23.6 Å². The van der Waals surface area contributed by atoms with Crippen molar-refractivity contribution in [1.82, 2.24) is 14.9 Å². The van der Waals surface area contributed by atoms with Gasteiger partial charge in [-0.3, -0.25) is 9.59 Å². The number of methoxy groups -OCH3 is 1. The first kappa shape index (κ1) is 22.2. The third-order valence-electron chi connectivity index (χ3n) is 6.02. The lowest BCUT2D eigenvalue weighted by atomic mass is 10.1. The molecule has 2 aromatic carbocycles. The van der Waals surface area contributed by atoms with Crippen molar-refractivity contribution in [3.63, 3.8) is 0 Å². The number of rotatable bonds is 6. The molecule has 5 rings (SSSR count). The molecule has 1 atom stereocenters. The number of aromatic nitrogens is 3. The first-order chi connectivity index (χ1) is 16.4. The van der Waals surface area contributed by atoms with E-state index < -0.39 is 0 Å². The highest BCUT2D eigenvalue weighted by Crippen LogP contribution is 2.43. The Bertz CT molecular complexity index is 1450. The molecule has 8 nitrogen and oxygen atoms in total. The molecule has 4 aromatic rings. The molecule has 0 aliphatic heterocycles. The zero-order valence-corrected chi connectivity index (χ0v) is 19.7. The quantitative estimate of drug-likeness (QED) is 0.411. The van der Waals surface area contributed by atoms with Crippen molar-refractivity contribution in [1.29, 1.82) is 0 Å². The van der Waals surface area contributed by atoms with Crippen LogP contribution < -0.4 is 15.6 Å². The number of hydrogen-bond donors (Lipinski definition) is 1. The molecule has 1 fully saturated rings. The van der Waals surface area contributed by atoms with Gasteiger partial charge in [-0.25, -0.2) is 4.68 Å². The molecule has 2 aromatic heterocycles. The number of hydrogen-bond acceptors (Lipinski definition) is 6. The second-order valence-electron chi connectivity index (χ2n) is 8.47. The number of amides is 1. The average Bonchev–Trinajstić information content (AvgIpc) is 3.57. The molecule has 1 amide bonds. The summed E-state index contributed by atoms with van der Waals surface area (Å²) < 4.78 is 12.7. The molecule has 1 aliphatic carbocycles. The molecule has 2 heterocycles. The van der Waals surface area contributed by atoms with Crippen LogP contribution in [-0.4, -0.2) is 28.0 Å². The van der Waals surface area contributed by atoms with Crippen LogP contribution in [0.3, 0.4) is 0 Å². The van der Waals surface area contributed by atoms with Crippen LogP contribution in [-0.2, 0) is 4.79 Å². The maximum atomic E-state index is 13.7. The monoisotopic (exact) mass is 478 g/mol. The molecule has 1 aliphatic rings.